The number of carbonyl (C=O) groups excluding carboxylic acids is 1. The molecule has 2 N–H and O–H groups in total. The molecule has 0 aliphatic rings. The monoisotopic (exact) mass is 309 g/mol. The van der Waals surface area contributed by atoms with Crippen LogP contribution >= 0.6 is 11.3 Å². The van der Waals surface area contributed by atoms with Crippen LogP contribution in [-0.4, -0.2) is 33.0 Å². The van der Waals surface area contributed by atoms with Crippen molar-refractivity contribution in [2.45, 2.75) is 33.3 Å². The molecule has 0 spiro atoms. The van der Waals surface area contributed by atoms with Crippen molar-refractivity contribution in [1.29, 1.82) is 0 Å². The molecule has 114 valence electrons. The van der Waals surface area contributed by atoms with Crippen LogP contribution in [0.2, 0.25) is 0 Å². The van der Waals surface area contributed by atoms with E-state index in [4.69, 9.17) is 0 Å². The molecular formula is C14H19N3O3S. The molecule has 0 saturated carbocycles. The lowest BCUT2D eigenvalue weighted by Gasteiger charge is -2.26. The van der Waals surface area contributed by atoms with E-state index in [2.05, 4.69) is 10.3 Å². The van der Waals surface area contributed by atoms with Gasteiger partial charge in [-0.05, 0) is 18.8 Å². The third-order valence-electron chi connectivity index (χ3n) is 3.16. The number of nitrogens with one attached hydrogen (secondary N) is 1. The van der Waals surface area contributed by atoms with Crippen molar-refractivity contribution >= 4 is 22.2 Å². The highest BCUT2D eigenvalue weighted by Crippen LogP contribution is 2.21. The summed E-state index contributed by atoms with van der Waals surface area (Å²) in [6, 6.07) is 0. The van der Waals surface area contributed by atoms with Gasteiger partial charge in [0.05, 0.1) is 6.10 Å². The Kier molecular flexibility index (Phi) is 4.43. The molecule has 2 aromatic heterocycles. The number of amides is 1. The third kappa shape index (κ3) is 3.68. The molecule has 2 aromatic rings. The highest BCUT2D eigenvalue weighted by Gasteiger charge is 2.22. The van der Waals surface area contributed by atoms with Crippen molar-refractivity contribution in [3.8, 4) is 0 Å². The van der Waals surface area contributed by atoms with E-state index in [1.807, 2.05) is 13.8 Å². The Morgan fingerprint density at radius 3 is 2.95 bits per heavy atom. The smallest absolute Gasteiger partial charge is 0.271 e. The number of fused-ring (bicyclic) bond motifs is 1. The topological polar surface area (TPSA) is 83.7 Å². The molecule has 2 rings (SSSR count). The zero-order valence-electron chi connectivity index (χ0n) is 12.3. The fraction of sp³-hybridized carbons (Fsp3) is 0.500. The zero-order chi connectivity index (χ0) is 15.6. The van der Waals surface area contributed by atoms with Gasteiger partial charge in [-0.1, -0.05) is 13.8 Å². The van der Waals surface area contributed by atoms with Gasteiger partial charge in [0.1, 0.15) is 5.56 Å². The molecule has 2 heterocycles. The summed E-state index contributed by atoms with van der Waals surface area (Å²) >= 11 is 1.34. The average Bonchev–Trinajstić information content (AvgIpc) is 2.84. The van der Waals surface area contributed by atoms with Crippen molar-refractivity contribution in [2.75, 3.05) is 6.54 Å². The largest absolute Gasteiger partial charge is 0.393 e. The van der Waals surface area contributed by atoms with E-state index in [0.29, 0.717) is 17.9 Å². The van der Waals surface area contributed by atoms with Gasteiger partial charge in [0.15, 0.2) is 4.96 Å². The Hall–Kier alpha value is -1.73. The number of hydrogen-bond donors (Lipinski definition) is 2. The van der Waals surface area contributed by atoms with Gasteiger partial charge in [0.25, 0.3) is 11.5 Å². The number of rotatable bonds is 5. The summed E-state index contributed by atoms with van der Waals surface area (Å²) in [5, 5.41) is 13.9. The van der Waals surface area contributed by atoms with Gasteiger partial charge in [-0.2, -0.15) is 0 Å². The molecule has 1 atom stereocenters. The summed E-state index contributed by atoms with van der Waals surface area (Å²) in [5.74, 6) is -0.438. The Balaban J connectivity index is 2.12. The van der Waals surface area contributed by atoms with Crippen LogP contribution in [0, 0.1) is 5.41 Å². The Labute approximate surface area is 126 Å². The molecule has 21 heavy (non-hydrogen) atoms. The van der Waals surface area contributed by atoms with Crippen molar-refractivity contribution in [2.24, 2.45) is 5.41 Å². The number of aliphatic hydroxyl groups excluding tert-OH is 1. The lowest BCUT2D eigenvalue weighted by Crippen LogP contribution is -2.38. The number of carbonyl (C=O) groups is 1. The first-order valence-corrected chi connectivity index (χ1v) is 7.59. The normalized spacial score (nSPS) is 13.3. The molecular weight excluding hydrogens is 290 g/mol. The third-order valence-corrected chi connectivity index (χ3v) is 3.93. The van der Waals surface area contributed by atoms with Crippen molar-refractivity contribution in [3.05, 3.63) is 33.7 Å². The molecule has 0 fully saturated rings. The Morgan fingerprint density at radius 2 is 2.29 bits per heavy atom. The van der Waals surface area contributed by atoms with Crippen molar-refractivity contribution < 1.29 is 9.90 Å². The quantitative estimate of drug-likeness (QED) is 0.871. The van der Waals surface area contributed by atoms with E-state index in [-0.39, 0.29) is 16.5 Å². The predicted octanol–water partition coefficient (Wildman–Crippen LogP) is 1.28. The Morgan fingerprint density at radius 1 is 1.57 bits per heavy atom. The number of thiazole rings is 1. The minimum absolute atomic E-state index is 0.0266. The van der Waals surface area contributed by atoms with Gasteiger partial charge in [-0.25, -0.2) is 4.98 Å². The molecule has 0 aromatic carbocycles. The van der Waals surface area contributed by atoms with Gasteiger partial charge < -0.3 is 10.4 Å². The van der Waals surface area contributed by atoms with Gasteiger partial charge in [-0.3, -0.25) is 14.0 Å². The first-order chi connectivity index (χ1) is 9.80. The number of aromatic nitrogens is 2. The van der Waals surface area contributed by atoms with Gasteiger partial charge in [0, 0.05) is 24.3 Å². The molecule has 7 heteroatoms. The molecule has 1 amide bonds. The first-order valence-electron chi connectivity index (χ1n) is 6.71. The number of aliphatic hydroxyl groups is 1. The van der Waals surface area contributed by atoms with Crippen LogP contribution in [0.1, 0.15) is 37.6 Å². The second-order valence-corrected chi connectivity index (χ2v) is 6.81. The SMILES string of the molecule is CC(O)CC(C)(C)CNC(=O)c1cnc2sccn2c1=O. The van der Waals surface area contributed by atoms with E-state index in [1.165, 1.54) is 21.9 Å². The minimum Gasteiger partial charge on any atom is -0.393 e. The Bertz CT molecular complexity index is 703. The number of hydrogen-bond acceptors (Lipinski definition) is 5. The molecule has 6 nitrogen and oxygen atoms in total. The molecule has 0 aliphatic heterocycles. The molecule has 0 saturated heterocycles. The maximum Gasteiger partial charge on any atom is 0.271 e. The zero-order valence-corrected chi connectivity index (χ0v) is 13.1. The summed E-state index contributed by atoms with van der Waals surface area (Å²) in [5.41, 5.74) is -0.592. The fourth-order valence-corrected chi connectivity index (χ4v) is 2.94. The van der Waals surface area contributed by atoms with E-state index in [9.17, 15) is 14.7 Å². The maximum absolute atomic E-state index is 12.2. The lowest BCUT2D eigenvalue weighted by atomic mass is 9.87. The summed E-state index contributed by atoms with van der Waals surface area (Å²) in [6.45, 7) is 5.99. The predicted molar refractivity (Wildman–Crippen MR) is 81.8 cm³/mol. The van der Waals surface area contributed by atoms with Gasteiger partial charge >= 0.3 is 0 Å². The molecule has 0 radical (unpaired) electrons. The summed E-state index contributed by atoms with van der Waals surface area (Å²) in [7, 11) is 0. The standard InChI is InChI=1S/C14H19N3O3S/c1-9(18)6-14(2,3)8-16-11(19)10-7-15-13-17(12(10)20)4-5-21-13/h4-5,7,9,18H,6,8H2,1-3H3,(H,16,19). The summed E-state index contributed by atoms with van der Waals surface area (Å²) < 4.78 is 1.36. The van der Waals surface area contributed by atoms with Crippen LogP contribution in [0.3, 0.4) is 0 Å². The van der Waals surface area contributed by atoms with Gasteiger partial charge in [-0.15, -0.1) is 11.3 Å². The number of nitrogens with zero attached hydrogens (tertiary/aromatic N) is 2. The minimum atomic E-state index is -0.439. The van der Waals surface area contributed by atoms with Crippen LogP contribution in [0.5, 0.6) is 0 Å². The van der Waals surface area contributed by atoms with Crippen molar-refractivity contribution in [1.82, 2.24) is 14.7 Å². The van der Waals surface area contributed by atoms with Crippen LogP contribution in [-0.2, 0) is 0 Å². The van der Waals surface area contributed by atoms with Crippen LogP contribution in [0.4, 0.5) is 0 Å². The van der Waals surface area contributed by atoms with E-state index < -0.39 is 12.0 Å². The van der Waals surface area contributed by atoms with Crippen LogP contribution in [0.25, 0.3) is 4.96 Å². The highest BCUT2D eigenvalue weighted by atomic mass is 32.1. The molecule has 1 unspecified atom stereocenters. The highest BCUT2D eigenvalue weighted by molar-refractivity contribution is 7.15. The van der Waals surface area contributed by atoms with Crippen molar-refractivity contribution in [3.63, 3.8) is 0 Å². The second-order valence-electron chi connectivity index (χ2n) is 5.93. The summed E-state index contributed by atoms with van der Waals surface area (Å²) in [4.78, 5) is 29.0. The fourth-order valence-electron chi connectivity index (χ4n) is 2.27. The van der Waals surface area contributed by atoms with E-state index in [1.54, 1.807) is 18.5 Å². The van der Waals surface area contributed by atoms with Crippen LogP contribution in [0.15, 0.2) is 22.6 Å². The lowest BCUT2D eigenvalue weighted by molar-refractivity contribution is 0.0900. The summed E-state index contributed by atoms with van der Waals surface area (Å²) in [6.07, 6.45) is 3.04. The second kappa shape index (κ2) is 5.95. The average molecular weight is 309 g/mol. The molecule has 0 aliphatic carbocycles. The first kappa shape index (κ1) is 15.7. The van der Waals surface area contributed by atoms with E-state index >= 15 is 0 Å². The van der Waals surface area contributed by atoms with Gasteiger partial charge in [0.2, 0.25) is 0 Å². The van der Waals surface area contributed by atoms with E-state index in [0.717, 1.165) is 0 Å². The molecule has 0 bridgehead atoms. The maximum atomic E-state index is 12.2. The van der Waals surface area contributed by atoms with Crippen LogP contribution < -0.4 is 10.9 Å².